The second-order valence-corrected chi connectivity index (χ2v) is 5.00. The molecule has 0 aliphatic carbocycles. The summed E-state index contributed by atoms with van der Waals surface area (Å²) in [5.74, 6) is 1.41. The lowest BCUT2D eigenvalue weighted by molar-refractivity contribution is -0.117. The first-order valence-electron chi connectivity index (χ1n) is 7.07. The minimum Gasteiger partial charge on any atom is -0.486 e. The quantitative estimate of drug-likeness (QED) is 0.866. The van der Waals surface area contributed by atoms with Gasteiger partial charge >= 0.3 is 0 Å². The first kappa shape index (κ1) is 14.7. The van der Waals surface area contributed by atoms with Crippen molar-refractivity contribution in [3.63, 3.8) is 0 Å². The van der Waals surface area contributed by atoms with Gasteiger partial charge in [-0.25, -0.2) is 0 Å². The van der Waals surface area contributed by atoms with Gasteiger partial charge in [0.1, 0.15) is 13.2 Å². The SMILES string of the molecule is CCCCN(C)CC(=O)Nc1ccc2c(c1)OCCO2. The molecule has 20 heavy (non-hydrogen) atoms. The van der Waals surface area contributed by atoms with E-state index < -0.39 is 0 Å². The molecule has 1 aromatic rings. The second kappa shape index (κ2) is 7.14. The number of hydrogen-bond donors (Lipinski definition) is 1. The molecule has 0 aromatic heterocycles. The van der Waals surface area contributed by atoms with Crippen LogP contribution in [0.5, 0.6) is 11.5 Å². The van der Waals surface area contributed by atoms with Crippen molar-refractivity contribution in [2.45, 2.75) is 19.8 Å². The largest absolute Gasteiger partial charge is 0.486 e. The summed E-state index contributed by atoms with van der Waals surface area (Å²) in [6, 6.07) is 5.46. The summed E-state index contributed by atoms with van der Waals surface area (Å²) < 4.78 is 10.9. The number of fused-ring (bicyclic) bond motifs is 1. The van der Waals surface area contributed by atoms with Crippen molar-refractivity contribution in [2.75, 3.05) is 38.7 Å². The predicted octanol–water partition coefficient (Wildman–Crippen LogP) is 2.13. The first-order chi connectivity index (χ1) is 9.69. The maximum atomic E-state index is 11.9. The third-order valence-corrected chi connectivity index (χ3v) is 3.13. The van der Waals surface area contributed by atoms with Gasteiger partial charge in [0.15, 0.2) is 11.5 Å². The zero-order chi connectivity index (χ0) is 14.4. The number of anilines is 1. The number of nitrogens with zero attached hydrogens (tertiary/aromatic N) is 1. The molecule has 1 aliphatic rings. The Kier molecular flexibility index (Phi) is 5.24. The lowest BCUT2D eigenvalue weighted by Crippen LogP contribution is -2.30. The molecule has 0 bridgehead atoms. The molecule has 0 radical (unpaired) electrons. The monoisotopic (exact) mass is 278 g/mol. The zero-order valence-corrected chi connectivity index (χ0v) is 12.1. The molecule has 5 nitrogen and oxygen atoms in total. The normalized spacial score (nSPS) is 13.3. The Balaban J connectivity index is 1.88. The molecule has 5 heteroatoms. The number of hydrogen-bond acceptors (Lipinski definition) is 4. The van der Waals surface area contributed by atoms with Crippen molar-refractivity contribution >= 4 is 11.6 Å². The average Bonchev–Trinajstić information content (AvgIpc) is 2.44. The highest BCUT2D eigenvalue weighted by molar-refractivity contribution is 5.92. The number of unbranched alkanes of at least 4 members (excludes halogenated alkanes) is 1. The van der Waals surface area contributed by atoms with Crippen LogP contribution in [0.25, 0.3) is 0 Å². The van der Waals surface area contributed by atoms with Crippen LogP contribution in [0.4, 0.5) is 5.69 Å². The molecule has 1 aromatic carbocycles. The van der Waals surface area contributed by atoms with Crippen molar-refractivity contribution < 1.29 is 14.3 Å². The highest BCUT2D eigenvalue weighted by Crippen LogP contribution is 2.32. The second-order valence-electron chi connectivity index (χ2n) is 5.00. The molecular weight excluding hydrogens is 256 g/mol. The van der Waals surface area contributed by atoms with Crippen molar-refractivity contribution in [1.82, 2.24) is 4.90 Å². The van der Waals surface area contributed by atoms with Gasteiger partial charge in [-0.2, -0.15) is 0 Å². The topological polar surface area (TPSA) is 50.8 Å². The molecule has 2 rings (SSSR count). The van der Waals surface area contributed by atoms with Gasteiger partial charge in [-0.15, -0.1) is 0 Å². The van der Waals surface area contributed by atoms with Gasteiger partial charge in [0.05, 0.1) is 6.54 Å². The van der Waals surface area contributed by atoms with Gasteiger partial charge in [0.25, 0.3) is 0 Å². The highest BCUT2D eigenvalue weighted by Gasteiger charge is 2.13. The molecule has 0 atom stereocenters. The summed E-state index contributed by atoms with van der Waals surface area (Å²) >= 11 is 0. The summed E-state index contributed by atoms with van der Waals surface area (Å²) in [7, 11) is 1.96. The smallest absolute Gasteiger partial charge is 0.238 e. The first-order valence-corrected chi connectivity index (χ1v) is 7.07. The molecule has 0 spiro atoms. The molecule has 0 fully saturated rings. The van der Waals surface area contributed by atoms with Crippen LogP contribution in [0.3, 0.4) is 0 Å². The van der Waals surface area contributed by atoms with Crippen LogP contribution in [0.15, 0.2) is 18.2 Å². The van der Waals surface area contributed by atoms with Gasteiger partial charge in [0, 0.05) is 11.8 Å². The van der Waals surface area contributed by atoms with E-state index in [1.165, 1.54) is 0 Å². The van der Waals surface area contributed by atoms with E-state index in [0.717, 1.165) is 30.8 Å². The van der Waals surface area contributed by atoms with E-state index in [2.05, 4.69) is 12.2 Å². The fourth-order valence-electron chi connectivity index (χ4n) is 2.07. The summed E-state index contributed by atoms with van der Waals surface area (Å²) in [5, 5.41) is 2.88. The minimum atomic E-state index is -0.0136. The summed E-state index contributed by atoms with van der Waals surface area (Å²) in [4.78, 5) is 14.0. The molecule has 1 amide bonds. The van der Waals surface area contributed by atoms with E-state index in [0.29, 0.717) is 25.5 Å². The molecule has 1 N–H and O–H groups in total. The van der Waals surface area contributed by atoms with Crippen LogP contribution in [0.2, 0.25) is 0 Å². The van der Waals surface area contributed by atoms with Crippen molar-refractivity contribution in [1.29, 1.82) is 0 Å². The Morgan fingerprint density at radius 1 is 1.30 bits per heavy atom. The van der Waals surface area contributed by atoms with Crippen LogP contribution < -0.4 is 14.8 Å². The minimum absolute atomic E-state index is 0.0136. The number of ether oxygens (including phenoxy) is 2. The number of rotatable bonds is 6. The van der Waals surface area contributed by atoms with E-state index in [1.807, 2.05) is 24.1 Å². The predicted molar refractivity (Wildman–Crippen MR) is 78.5 cm³/mol. The number of nitrogens with one attached hydrogen (secondary N) is 1. The summed E-state index contributed by atoms with van der Waals surface area (Å²) in [6.07, 6.45) is 2.24. The molecular formula is C15H22N2O3. The average molecular weight is 278 g/mol. The fraction of sp³-hybridized carbons (Fsp3) is 0.533. The lowest BCUT2D eigenvalue weighted by atomic mass is 10.2. The molecule has 1 aliphatic heterocycles. The maximum Gasteiger partial charge on any atom is 0.238 e. The van der Waals surface area contributed by atoms with Crippen LogP contribution in [-0.2, 0) is 4.79 Å². The standard InChI is InChI=1S/C15H22N2O3/c1-3-4-7-17(2)11-15(18)16-12-5-6-13-14(10-12)20-9-8-19-13/h5-6,10H,3-4,7-9,11H2,1-2H3,(H,16,18). The van der Waals surface area contributed by atoms with Crippen molar-refractivity contribution in [3.8, 4) is 11.5 Å². The van der Waals surface area contributed by atoms with E-state index in [-0.39, 0.29) is 5.91 Å². The van der Waals surface area contributed by atoms with E-state index in [4.69, 9.17) is 9.47 Å². The molecule has 0 saturated heterocycles. The van der Waals surface area contributed by atoms with Crippen LogP contribution >= 0.6 is 0 Å². The number of amides is 1. The number of benzene rings is 1. The maximum absolute atomic E-state index is 11.9. The molecule has 1 heterocycles. The number of likely N-dealkylation sites (N-methyl/N-ethyl adjacent to an activating group) is 1. The van der Waals surface area contributed by atoms with Gasteiger partial charge in [-0.1, -0.05) is 13.3 Å². The molecule has 0 saturated carbocycles. The van der Waals surface area contributed by atoms with Gasteiger partial charge < -0.3 is 14.8 Å². The van der Waals surface area contributed by atoms with Crippen LogP contribution in [0, 0.1) is 0 Å². The third kappa shape index (κ3) is 4.13. The molecule has 110 valence electrons. The van der Waals surface area contributed by atoms with Crippen LogP contribution in [0.1, 0.15) is 19.8 Å². The fourth-order valence-corrected chi connectivity index (χ4v) is 2.07. The molecule has 0 unspecified atom stereocenters. The van der Waals surface area contributed by atoms with E-state index in [9.17, 15) is 4.79 Å². The van der Waals surface area contributed by atoms with E-state index in [1.54, 1.807) is 6.07 Å². The summed E-state index contributed by atoms with van der Waals surface area (Å²) in [5.41, 5.74) is 0.739. The van der Waals surface area contributed by atoms with Crippen LogP contribution in [-0.4, -0.2) is 44.2 Å². The van der Waals surface area contributed by atoms with E-state index >= 15 is 0 Å². The Bertz CT molecular complexity index is 462. The Labute approximate surface area is 119 Å². The Hall–Kier alpha value is -1.75. The van der Waals surface area contributed by atoms with Gasteiger partial charge in [-0.05, 0) is 32.1 Å². The van der Waals surface area contributed by atoms with Gasteiger partial charge in [0.2, 0.25) is 5.91 Å². The summed E-state index contributed by atoms with van der Waals surface area (Å²) in [6.45, 7) is 4.59. The Morgan fingerprint density at radius 3 is 2.80 bits per heavy atom. The lowest BCUT2D eigenvalue weighted by Gasteiger charge is -2.19. The zero-order valence-electron chi connectivity index (χ0n) is 12.1. The van der Waals surface area contributed by atoms with Gasteiger partial charge in [-0.3, -0.25) is 9.69 Å². The number of carbonyl (C=O) groups excluding carboxylic acids is 1. The van der Waals surface area contributed by atoms with Crippen molar-refractivity contribution in [3.05, 3.63) is 18.2 Å². The highest BCUT2D eigenvalue weighted by atomic mass is 16.6. The third-order valence-electron chi connectivity index (χ3n) is 3.13. The Morgan fingerprint density at radius 2 is 2.05 bits per heavy atom. The number of carbonyl (C=O) groups is 1. The van der Waals surface area contributed by atoms with Crippen molar-refractivity contribution in [2.24, 2.45) is 0 Å².